The van der Waals surface area contributed by atoms with Crippen LogP contribution in [0.25, 0.3) is 0 Å². The normalized spacial score (nSPS) is 12.3. The molecule has 1 unspecified atom stereocenters. The molecular formula is C17H23N3O3. The molecule has 0 aliphatic carbocycles. The van der Waals surface area contributed by atoms with Gasteiger partial charge in [-0.2, -0.15) is 0 Å². The van der Waals surface area contributed by atoms with Crippen molar-refractivity contribution >= 4 is 5.91 Å². The van der Waals surface area contributed by atoms with Gasteiger partial charge < -0.3 is 20.6 Å². The second-order valence-corrected chi connectivity index (χ2v) is 5.99. The number of nitrogens with one attached hydrogen (secondary N) is 1. The minimum atomic E-state index is -0.447. The van der Waals surface area contributed by atoms with Crippen molar-refractivity contribution in [1.82, 2.24) is 10.3 Å². The third-order valence-corrected chi connectivity index (χ3v) is 3.47. The van der Waals surface area contributed by atoms with Crippen molar-refractivity contribution in [3.8, 4) is 5.75 Å². The predicted molar refractivity (Wildman–Crippen MR) is 87.0 cm³/mol. The van der Waals surface area contributed by atoms with Crippen molar-refractivity contribution in [2.45, 2.75) is 32.7 Å². The molecule has 2 aromatic rings. The number of aromatic hydroxyl groups is 1. The Morgan fingerprint density at radius 2 is 2.04 bits per heavy atom. The average molecular weight is 317 g/mol. The Kier molecular flexibility index (Phi) is 5.76. The molecule has 6 heteroatoms. The van der Waals surface area contributed by atoms with Crippen LogP contribution >= 0.6 is 0 Å². The summed E-state index contributed by atoms with van der Waals surface area (Å²) in [7, 11) is 0. The van der Waals surface area contributed by atoms with Crippen molar-refractivity contribution in [2.24, 2.45) is 11.7 Å². The van der Waals surface area contributed by atoms with E-state index in [2.05, 4.69) is 24.1 Å². The molecule has 0 radical (unpaired) electrons. The molecule has 0 aliphatic rings. The Bertz CT molecular complexity index is 635. The highest BCUT2D eigenvalue weighted by molar-refractivity contribution is 5.91. The highest BCUT2D eigenvalue weighted by atomic mass is 16.3. The quantitative estimate of drug-likeness (QED) is 0.728. The molecule has 6 nitrogen and oxygen atoms in total. The van der Waals surface area contributed by atoms with Gasteiger partial charge in [0.2, 0.25) is 5.89 Å². The second-order valence-electron chi connectivity index (χ2n) is 5.99. The molecule has 0 aliphatic heterocycles. The van der Waals surface area contributed by atoms with E-state index in [1.165, 1.54) is 6.26 Å². The number of hydrogen-bond acceptors (Lipinski definition) is 5. The molecular weight excluding hydrogens is 294 g/mol. The lowest BCUT2D eigenvalue weighted by molar-refractivity contribution is 0.0947. The lowest BCUT2D eigenvalue weighted by atomic mass is 10.1. The number of amides is 1. The lowest BCUT2D eigenvalue weighted by Gasteiger charge is -2.07. The number of nitrogens with two attached hydrogens (primary N) is 1. The zero-order chi connectivity index (χ0) is 16.8. The first kappa shape index (κ1) is 17.0. The number of phenols is 1. The number of carbonyl (C=O) groups is 1. The van der Waals surface area contributed by atoms with Crippen molar-refractivity contribution < 1.29 is 14.3 Å². The number of phenolic OH excluding ortho intramolecular Hbond substituents is 1. The minimum absolute atomic E-state index is 0.207. The number of oxazole rings is 1. The molecule has 0 bridgehead atoms. The van der Waals surface area contributed by atoms with Crippen LogP contribution in [0, 0.1) is 5.92 Å². The molecule has 0 saturated heterocycles. The maximum Gasteiger partial charge on any atom is 0.273 e. The molecule has 4 N–H and O–H groups in total. The molecule has 23 heavy (non-hydrogen) atoms. The molecule has 1 atom stereocenters. The summed E-state index contributed by atoms with van der Waals surface area (Å²) in [6.07, 6.45) is 2.75. The Morgan fingerprint density at radius 3 is 2.70 bits per heavy atom. The van der Waals surface area contributed by atoms with Gasteiger partial charge in [-0.3, -0.25) is 4.79 Å². The van der Waals surface area contributed by atoms with Crippen LogP contribution in [-0.4, -0.2) is 22.5 Å². The third-order valence-electron chi connectivity index (χ3n) is 3.47. The van der Waals surface area contributed by atoms with Gasteiger partial charge in [0, 0.05) is 6.54 Å². The molecule has 1 heterocycles. The van der Waals surface area contributed by atoms with Crippen LogP contribution in [0.1, 0.15) is 48.3 Å². The predicted octanol–water partition coefficient (Wildman–Crippen LogP) is 2.40. The zero-order valence-corrected chi connectivity index (χ0v) is 13.5. The monoisotopic (exact) mass is 317 g/mol. The Morgan fingerprint density at radius 1 is 1.35 bits per heavy atom. The first-order chi connectivity index (χ1) is 11.0. The Hall–Kier alpha value is -2.34. The maximum absolute atomic E-state index is 12.0. The van der Waals surface area contributed by atoms with E-state index in [9.17, 15) is 9.90 Å². The van der Waals surface area contributed by atoms with Crippen molar-refractivity contribution in [2.75, 3.05) is 6.54 Å². The third kappa shape index (κ3) is 5.10. The van der Waals surface area contributed by atoms with Gasteiger partial charge in [-0.05, 0) is 36.5 Å². The molecule has 1 aromatic heterocycles. The van der Waals surface area contributed by atoms with Gasteiger partial charge in [0.05, 0.1) is 6.04 Å². The van der Waals surface area contributed by atoms with Gasteiger partial charge in [0.25, 0.3) is 5.91 Å². The van der Waals surface area contributed by atoms with Crippen LogP contribution < -0.4 is 11.1 Å². The van der Waals surface area contributed by atoms with E-state index in [4.69, 9.17) is 10.2 Å². The number of rotatable bonds is 7. The van der Waals surface area contributed by atoms with Crippen molar-refractivity contribution in [1.29, 1.82) is 0 Å². The van der Waals surface area contributed by atoms with Crippen molar-refractivity contribution in [3.05, 3.63) is 47.7 Å². The summed E-state index contributed by atoms with van der Waals surface area (Å²) in [4.78, 5) is 16.1. The molecule has 1 aromatic carbocycles. The smallest absolute Gasteiger partial charge is 0.273 e. The van der Waals surface area contributed by atoms with E-state index >= 15 is 0 Å². The standard InChI is InChI=1S/C17H23N3O3/c1-11(2)7-8-19-16(22)15-10-23-17(20-15)14(18)9-12-3-5-13(21)6-4-12/h3-6,10-11,14,21H,7-9,18H2,1-2H3,(H,19,22). The molecule has 0 spiro atoms. The summed E-state index contributed by atoms with van der Waals surface area (Å²) in [6.45, 7) is 4.81. The number of benzene rings is 1. The number of nitrogens with zero attached hydrogens (tertiary/aromatic N) is 1. The fourth-order valence-corrected chi connectivity index (χ4v) is 2.10. The van der Waals surface area contributed by atoms with Gasteiger partial charge in [-0.25, -0.2) is 4.98 Å². The SMILES string of the molecule is CC(C)CCNC(=O)c1coc(C(N)Cc2ccc(O)cc2)n1. The fraction of sp³-hybridized carbons (Fsp3) is 0.412. The van der Waals surface area contributed by atoms with Crippen LogP contribution in [0.3, 0.4) is 0 Å². The summed E-state index contributed by atoms with van der Waals surface area (Å²) in [5, 5.41) is 12.1. The number of hydrogen-bond donors (Lipinski definition) is 3. The number of aromatic nitrogens is 1. The van der Waals surface area contributed by atoms with Crippen LogP contribution in [0.4, 0.5) is 0 Å². The molecule has 0 fully saturated rings. The summed E-state index contributed by atoms with van der Waals surface area (Å²) >= 11 is 0. The summed E-state index contributed by atoms with van der Waals surface area (Å²) in [5.41, 5.74) is 7.26. The Balaban J connectivity index is 1.92. The Labute approximate surface area is 135 Å². The average Bonchev–Trinajstić information content (AvgIpc) is 2.99. The molecule has 2 rings (SSSR count). The van der Waals surface area contributed by atoms with Gasteiger partial charge in [-0.15, -0.1) is 0 Å². The molecule has 1 amide bonds. The zero-order valence-electron chi connectivity index (χ0n) is 13.5. The van der Waals surface area contributed by atoms with Gasteiger partial charge in [0.1, 0.15) is 12.0 Å². The first-order valence-corrected chi connectivity index (χ1v) is 7.73. The number of carbonyl (C=O) groups excluding carboxylic acids is 1. The summed E-state index contributed by atoms with van der Waals surface area (Å²) in [5.74, 6) is 0.810. The van der Waals surface area contributed by atoms with E-state index in [0.29, 0.717) is 24.8 Å². The van der Waals surface area contributed by atoms with Crippen LogP contribution in [0.15, 0.2) is 34.9 Å². The van der Waals surface area contributed by atoms with Crippen molar-refractivity contribution in [3.63, 3.8) is 0 Å². The van der Waals surface area contributed by atoms with Crippen LogP contribution in [0.2, 0.25) is 0 Å². The largest absolute Gasteiger partial charge is 0.508 e. The van der Waals surface area contributed by atoms with E-state index in [0.717, 1.165) is 12.0 Å². The maximum atomic E-state index is 12.0. The minimum Gasteiger partial charge on any atom is -0.508 e. The highest BCUT2D eigenvalue weighted by Gasteiger charge is 2.17. The van der Waals surface area contributed by atoms with Crippen LogP contribution in [-0.2, 0) is 6.42 Å². The summed E-state index contributed by atoms with van der Waals surface area (Å²) in [6, 6.07) is 6.34. The fourth-order valence-electron chi connectivity index (χ4n) is 2.10. The molecule has 0 saturated carbocycles. The van der Waals surface area contributed by atoms with Gasteiger partial charge in [-0.1, -0.05) is 26.0 Å². The lowest BCUT2D eigenvalue weighted by Crippen LogP contribution is -2.25. The van der Waals surface area contributed by atoms with E-state index < -0.39 is 6.04 Å². The first-order valence-electron chi connectivity index (χ1n) is 7.73. The molecule has 124 valence electrons. The topological polar surface area (TPSA) is 101 Å². The van der Waals surface area contributed by atoms with E-state index in [-0.39, 0.29) is 17.4 Å². The van der Waals surface area contributed by atoms with E-state index in [1.807, 2.05) is 0 Å². The second kappa shape index (κ2) is 7.78. The van der Waals surface area contributed by atoms with E-state index in [1.54, 1.807) is 24.3 Å². The van der Waals surface area contributed by atoms with Gasteiger partial charge in [0.15, 0.2) is 5.69 Å². The summed E-state index contributed by atoms with van der Waals surface area (Å²) < 4.78 is 5.32. The van der Waals surface area contributed by atoms with Crippen LogP contribution in [0.5, 0.6) is 5.75 Å². The highest BCUT2D eigenvalue weighted by Crippen LogP contribution is 2.18. The van der Waals surface area contributed by atoms with Gasteiger partial charge >= 0.3 is 0 Å².